The lowest BCUT2D eigenvalue weighted by Gasteiger charge is -2.61. The van der Waals surface area contributed by atoms with Gasteiger partial charge in [-0.2, -0.15) is 0 Å². The molecule has 31 heavy (non-hydrogen) atoms. The maximum atomic E-state index is 12.5. The largest absolute Gasteiger partial charge is 0.425 e. The molecule has 1 aromatic rings. The molecule has 2 fully saturated rings. The van der Waals surface area contributed by atoms with Gasteiger partial charge in [0.1, 0.15) is 11.8 Å². The third-order valence-corrected chi connectivity index (χ3v) is 9.57. The lowest BCUT2D eigenvalue weighted by molar-refractivity contribution is -0.136. The highest BCUT2D eigenvalue weighted by Crippen LogP contribution is 2.67. The molecule has 0 bridgehead atoms. The molecule has 3 aliphatic rings. The van der Waals surface area contributed by atoms with Gasteiger partial charge < -0.3 is 10.5 Å². The van der Waals surface area contributed by atoms with Crippen LogP contribution in [0.5, 0.6) is 5.75 Å². The van der Waals surface area contributed by atoms with Crippen LogP contribution in [0.3, 0.4) is 0 Å². The van der Waals surface area contributed by atoms with Crippen LogP contribution < -0.4 is 10.5 Å². The number of nitrogens with two attached hydrogens (primary N) is 1. The number of unbranched alkanes of at least 4 members (excludes halogenated alkanes) is 1. The van der Waals surface area contributed by atoms with E-state index in [1.807, 2.05) is 0 Å². The highest BCUT2D eigenvalue weighted by molar-refractivity contribution is 5.78. The zero-order chi connectivity index (χ0) is 22.6. The predicted molar refractivity (Wildman–Crippen MR) is 127 cm³/mol. The van der Waals surface area contributed by atoms with E-state index < -0.39 is 6.04 Å². The maximum absolute atomic E-state index is 12.5. The molecule has 4 rings (SSSR count). The van der Waals surface area contributed by atoms with Crippen molar-refractivity contribution in [3.8, 4) is 5.75 Å². The smallest absolute Gasteiger partial charge is 0.328 e. The van der Waals surface area contributed by atoms with Gasteiger partial charge in [0.15, 0.2) is 0 Å². The number of esters is 1. The molecule has 0 amide bonds. The average molecular weight is 426 g/mol. The number of carbonyl (C=O) groups is 1. The Bertz CT molecular complexity index is 859. The summed E-state index contributed by atoms with van der Waals surface area (Å²) in [5.74, 6) is 1.86. The molecule has 0 aromatic heterocycles. The van der Waals surface area contributed by atoms with Gasteiger partial charge in [0.05, 0.1) is 0 Å². The molecule has 0 spiro atoms. The van der Waals surface area contributed by atoms with Gasteiger partial charge in [-0.05, 0) is 102 Å². The molecule has 3 aliphatic carbocycles. The lowest BCUT2D eigenvalue weighted by atomic mass is 9.43. The van der Waals surface area contributed by atoms with Crippen molar-refractivity contribution < 1.29 is 9.53 Å². The van der Waals surface area contributed by atoms with Crippen molar-refractivity contribution >= 4 is 5.97 Å². The summed E-state index contributed by atoms with van der Waals surface area (Å²) in [5, 5.41) is 0. The molecule has 0 saturated heterocycles. The number of benzene rings is 1. The molecule has 172 valence electrons. The van der Waals surface area contributed by atoms with E-state index in [0.29, 0.717) is 28.9 Å². The number of fused-ring (bicyclic) bond motifs is 5. The zero-order valence-electron chi connectivity index (χ0n) is 20.6. The molecule has 5 atom stereocenters. The van der Waals surface area contributed by atoms with Gasteiger partial charge in [0.2, 0.25) is 0 Å². The third kappa shape index (κ3) is 3.65. The van der Waals surface area contributed by atoms with Crippen molar-refractivity contribution in [1.82, 2.24) is 0 Å². The van der Waals surface area contributed by atoms with E-state index in [-0.39, 0.29) is 11.4 Å². The topological polar surface area (TPSA) is 52.3 Å². The lowest BCUT2D eigenvalue weighted by Crippen LogP contribution is -2.55. The van der Waals surface area contributed by atoms with Gasteiger partial charge >= 0.3 is 5.97 Å². The molecule has 3 heteroatoms. The fourth-order valence-corrected chi connectivity index (χ4v) is 8.22. The van der Waals surface area contributed by atoms with Gasteiger partial charge in [-0.3, -0.25) is 0 Å². The van der Waals surface area contributed by atoms with E-state index in [2.05, 4.69) is 53.7 Å². The van der Waals surface area contributed by atoms with Crippen LogP contribution in [0.4, 0.5) is 0 Å². The first-order valence-corrected chi connectivity index (χ1v) is 12.6. The van der Waals surface area contributed by atoms with Gasteiger partial charge in [0.25, 0.3) is 0 Å². The molecular weight excluding hydrogens is 382 g/mol. The summed E-state index contributed by atoms with van der Waals surface area (Å²) in [6.07, 6.45) is 10.5. The molecule has 0 aliphatic heterocycles. The van der Waals surface area contributed by atoms with Crippen LogP contribution in [0.2, 0.25) is 0 Å². The highest BCUT2D eigenvalue weighted by atomic mass is 16.5. The number of carbonyl (C=O) groups excluding carboxylic acids is 1. The molecule has 0 heterocycles. The quantitative estimate of drug-likeness (QED) is 0.434. The minimum absolute atomic E-state index is 0.234. The molecule has 0 radical (unpaired) electrons. The van der Waals surface area contributed by atoms with E-state index in [4.69, 9.17) is 10.5 Å². The number of aryl methyl sites for hydroxylation is 1. The Morgan fingerprint density at radius 1 is 1.16 bits per heavy atom. The second kappa shape index (κ2) is 7.90. The molecule has 2 saturated carbocycles. The van der Waals surface area contributed by atoms with E-state index in [0.717, 1.165) is 25.2 Å². The molecule has 3 nitrogen and oxygen atoms in total. The fourth-order valence-electron chi connectivity index (χ4n) is 8.22. The molecule has 2 N–H and O–H groups in total. The summed E-state index contributed by atoms with van der Waals surface area (Å²) in [7, 11) is 0. The first kappa shape index (κ1) is 22.8. The first-order valence-electron chi connectivity index (χ1n) is 12.6. The van der Waals surface area contributed by atoms with E-state index in [9.17, 15) is 4.79 Å². The fraction of sp³-hybridized carbons (Fsp3) is 0.750. The number of ether oxygens (including phenoxy) is 1. The summed E-state index contributed by atoms with van der Waals surface area (Å²) in [6, 6.07) is 3.71. The van der Waals surface area contributed by atoms with Crippen LogP contribution in [0.15, 0.2) is 12.1 Å². The van der Waals surface area contributed by atoms with Crippen LogP contribution in [-0.2, 0) is 16.6 Å². The highest BCUT2D eigenvalue weighted by Gasteiger charge is 2.61. The predicted octanol–water partition coefficient (Wildman–Crippen LogP) is 6.47. The number of hydrogen-bond donors (Lipinski definition) is 1. The van der Waals surface area contributed by atoms with Crippen LogP contribution in [-0.4, -0.2) is 12.0 Å². The molecule has 1 unspecified atom stereocenters. The number of hydrogen-bond acceptors (Lipinski definition) is 3. The van der Waals surface area contributed by atoms with Crippen LogP contribution in [0.1, 0.15) is 103 Å². The minimum atomic E-state index is -0.530. The summed E-state index contributed by atoms with van der Waals surface area (Å²) in [5.41, 5.74) is 11.3. The van der Waals surface area contributed by atoms with Gasteiger partial charge in [-0.15, -0.1) is 0 Å². The Morgan fingerprint density at radius 2 is 1.90 bits per heavy atom. The van der Waals surface area contributed by atoms with Crippen molar-refractivity contribution in [2.45, 2.75) is 111 Å². The Hall–Kier alpha value is -1.35. The zero-order valence-corrected chi connectivity index (χ0v) is 20.6. The van der Waals surface area contributed by atoms with Crippen molar-refractivity contribution in [1.29, 1.82) is 0 Å². The van der Waals surface area contributed by atoms with Crippen molar-refractivity contribution in [3.63, 3.8) is 0 Å². The van der Waals surface area contributed by atoms with Gasteiger partial charge in [-0.25, -0.2) is 4.79 Å². The standard InChI is InChI=1S/C28H43NO2/c1-7-8-10-21(29)25(30)31-20-15-18(2)24-19(16-20)17-23-27(5)13-9-12-26(3,4)22(27)11-14-28(23,24)6/h15-16,21-23H,7-14,17,29H2,1-6H3/t21?,22-,23+,27-,28-/m0/s1. The van der Waals surface area contributed by atoms with Crippen molar-refractivity contribution in [3.05, 3.63) is 28.8 Å². The normalized spacial score (nSPS) is 34.4. The van der Waals surface area contributed by atoms with Gasteiger partial charge in [0, 0.05) is 0 Å². The second-order valence-electron chi connectivity index (χ2n) is 12.1. The van der Waals surface area contributed by atoms with Crippen LogP contribution >= 0.6 is 0 Å². The van der Waals surface area contributed by atoms with Crippen molar-refractivity contribution in [2.24, 2.45) is 28.4 Å². The SMILES string of the molecule is CCCCC(N)C(=O)Oc1cc(C)c2c(c1)C[C@@H]1[C@@]3(C)CCCC(C)(C)[C@@H]3CC[C@]21C. The third-order valence-electron chi connectivity index (χ3n) is 9.57. The maximum Gasteiger partial charge on any atom is 0.328 e. The summed E-state index contributed by atoms with van der Waals surface area (Å²) in [6.45, 7) is 14.4. The molecule has 1 aromatic carbocycles. The summed E-state index contributed by atoms with van der Waals surface area (Å²) >= 11 is 0. The number of rotatable bonds is 5. The van der Waals surface area contributed by atoms with Crippen molar-refractivity contribution in [2.75, 3.05) is 0 Å². The van der Waals surface area contributed by atoms with Crippen LogP contribution in [0.25, 0.3) is 0 Å². The monoisotopic (exact) mass is 425 g/mol. The average Bonchev–Trinajstić information content (AvgIpc) is 2.99. The molecular formula is C28H43NO2. The Labute approximate surface area is 189 Å². The van der Waals surface area contributed by atoms with E-state index in [1.54, 1.807) is 0 Å². The summed E-state index contributed by atoms with van der Waals surface area (Å²) in [4.78, 5) is 12.5. The van der Waals surface area contributed by atoms with E-state index in [1.165, 1.54) is 48.8 Å². The minimum Gasteiger partial charge on any atom is -0.425 e. The Balaban J connectivity index is 1.63. The Morgan fingerprint density at radius 3 is 2.61 bits per heavy atom. The summed E-state index contributed by atoms with van der Waals surface area (Å²) < 4.78 is 5.77. The van der Waals surface area contributed by atoms with Gasteiger partial charge in [-0.1, -0.05) is 53.9 Å². The van der Waals surface area contributed by atoms with E-state index >= 15 is 0 Å². The first-order chi connectivity index (χ1) is 14.5. The Kier molecular flexibility index (Phi) is 5.82. The van der Waals surface area contributed by atoms with Crippen LogP contribution in [0, 0.1) is 29.6 Å². The second-order valence-corrected chi connectivity index (χ2v) is 12.1.